The smallest absolute Gasteiger partial charge is 0.410 e. The third-order valence-electron chi connectivity index (χ3n) is 3.86. The average Bonchev–Trinajstić information content (AvgIpc) is 2.85. The number of hydrogen-bond acceptors (Lipinski definition) is 2. The maximum Gasteiger partial charge on any atom is 0.410 e. The van der Waals surface area contributed by atoms with E-state index in [1.807, 2.05) is 12.1 Å². The predicted octanol–water partition coefficient (Wildman–Crippen LogP) is 3.46. The summed E-state index contributed by atoms with van der Waals surface area (Å²) in [4.78, 5) is 17.3. The van der Waals surface area contributed by atoms with Crippen LogP contribution in [0, 0.1) is 0 Å². The fourth-order valence-electron chi connectivity index (χ4n) is 2.72. The summed E-state index contributed by atoms with van der Waals surface area (Å²) < 4.78 is 5.30. The summed E-state index contributed by atoms with van der Waals surface area (Å²) in [5.74, 6) is 0. The van der Waals surface area contributed by atoms with Crippen LogP contribution in [0.5, 0.6) is 0 Å². The zero-order chi connectivity index (χ0) is 13.9. The van der Waals surface area contributed by atoms with Gasteiger partial charge in [0.2, 0.25) is 0 Å². The Morgan fingerprint density at radius 1 is 1.40 bits per heavy atom. The highest BCUT2D eigenvalue weighted by Gasteiger charge is 2.24. The number of rotatable bonds is 3. The number of aromatic nitrogens is 1. The van der Waals surface area contributed by atoms with Gasteiger partial charge in [-0.3, -0.25) is 0 Å². The Bertz CT molecular complexity index is 618. The highest BCUT2D eigenvalue weighted by atomic mass is 16.6. The van der Waals surface area contributed by atoms with Crippen LogP contribution in [0.2, 0.25) is 0 Å². The molecular formula is C16H20N2O2. The molecule has 1 aromatic carbocycles. The first-order chi connectivity index (χ1) is 9.79. The number of benzene rings is 1. The molecule has 4 nitrogen and oxygen atoms in total. The number of aromatic amines is 1. The van der Waals surface area contributed by atoms with E-state index in [9.17, 15) is 4.79 Å². The van der Waals surface area contributed by atoms with Crippen molar-refractivity contribution in [2.45, 2.75) is 32.7 Å². The Morgan fingerprint density at radius 3 is 3.10 bits per heavy atom. The van der Waals surface area contributed by atoms with Gasteiger partial charge in [0.1, 0.15) is 0 Å². The topological polar surface area (TPSA) is 45.3 Å². The number of H-pyrrole nitrogens is 1. The molecule has 1 aromatic heterocycles. The summed E-state index contributed by atoms with van der Waals surface area (Å²) in [5.41, 5.74) is 3.64. The lowest BCUT2D eigenvalue weighted by Gasteiger charge is -2.26. The molecule has 20 heavy (non-hydrogen) atoms. The highest BCUT2D eigenvalue weighted by Crippen LogP contribution is 2.27. The first kappa shape index (κ1) is 13.0. The number of hydrogen-bond donors (Lipinski definition) is 1. The SMILES string of the molecule is CCCCOC(=O)N1CCc2[nH]c3ccccc3c2C1. The van der Waals surface area contributed by atoms with Gasteiger partial charge in [0.05, 0.1) is 13.2 Å². The van der Waals surface area contributed by atoms with E-state index in [1.165, 1.54) is 16.6 Å². The first-order valence-electron chi connectivity index (χ1n) is 7.29. The number of ether oxygens (including phenoxy) is 1. The van der Waals surface area contributed by atoms with Gasteiger partial charge >= 0.3 is 6.09 Å². The van der Waals surface area contributed by atoms with E-state index in [4.69, 9.17) is 4.74 Å². The second-order valence-electron chi connectivity index (χ2n) is 5.27. The van der Waals surface area contributed by atoms with E-state index in [0.29, 0.717) is 13.2 Å². The molecule has 0 aliphatic carbocycles. The third-order valence-corrected chi connectivity index (χ3v) is 3.86. The van der Waals surface area contributed by atoms with Crippen LogP contribution < -0.4 is 0 Å². The summed E-state index contributed by atoms with van der Waals surface area (Å²) in [6.45, 7) is 3.98. The van der Waals surface area contributed by atoms with Crippen molar-refractivity contribution < 1.29 is 9.53 Å². The molecule has 0 atom stereocenters. The van der Waals surface area contributed by atoms with E-state index in [-0.39, 0.29) is 6.09 Å². The first-order valence-corrected chi connectivity index (χ1v) is 7.29. The Morgan fingerprint density at radius 2 is 2.25 bits per heavy atom. The Balaban J connectivity index is 1.76. The highest BCUT2D eigenvalue weighted by molar-refractivity contribution is 5.85. The molecule has 2 heterocycles. The van der Waals surface area contributed by atoms with Crippen molar-refractivity contribution in [2.75, 3.05) is 13.2 Å². The van der Waals surface area contributed by atoms with Crippen molar-refractivity contribution in [2.24, 2.45) is 0 Å². The molecule has 0 unspecified atom stereocenters. The van der Waals surface area contributed by atoms with Crippen molar-refractivity contribution in [1.29, 1.82) is 0 Å². The third kappa shape index (κ3) is 2.38. The number of nitrogens with one attached hydrogen (secondary N) is 1. The van der Waals surface area contributed by atoms with Gasteiger partial charge in [-0.15, -0.1) is 0 Å². The predicted molar refractivity (Wildman–Crippen MR) is 78.7 cm³/mol. The van der Waals surface area contributed by atoms with Crippen LogP contribution in [0.25, 0.3) is 10.9 Å². The largest absolute Gasteiger partial charge is 0.449 e. The van der Waals surface area contributed by atoms with Gasteiger partial charge in [0, 0.05) is 35.1 Å². The van der Waals surface area contributed by atoms with Crippen molar-refractivity contribution in [1.82, 2.24) is 9.88 Å². The van der Waals surface area contributed by atoms with Crippen LogP contribution in [0.4, 0.5) is 4.79 Å². The fraction of sp³-hybridized carbons (Fsp3) is 0.438. The van der Waals surface area contributed by atoms with Gasteiger partial charge in [-0.1, -0.05) is 31.5 Å². The molecule has 2 aromatic rings. The summed E-state index contributed by atoms with van der Waals surface area (Å²) in [6.07, 6.45) is 2.65. The van der Waals surface area contributed by atoms with E-state index in [1.54, 1.807) is 4.90 Å². The molecule has 0 spiro atoms. The van der Waals surface area contributed by atoms with Crippen molar-refractivity contribution in [3.63, 3.8) is 0 Å². The Kier molecular flexibility index (Phi) is 3.63. The molecule has 0 saturated heterocycles. The van der Waals surface area contributed by atoms with Crippen molar-refractivity contribution in [3.8, 4) is 0 Å². The molecule has 1 amide bonds. The zero-order valence-corrected chi connectivity index (χ0v) is 11.8. The van der Waals surface area contributed by atoms with Gasteiger partial charge in [0.15, 0.2) is 0 Å². The van der Waals surface area contributed by atoms with Gasteiger partial charge in [0.25, 0.3) is 0 Å². The molecule has 3 rings (SSSR count). The number of unbranched alkanes of at least 4 members (excludes halogenated alkanes) is 1. The normalized spacial score (nSPS) is 14.3. The van der Waals surface area contributed by atoms with Crippen LogP contribution in [0.3, 0.4) is 0 Å². The molecule has 1 N–H and O–H groups in total. The van der Waals surface area contributed by atoms with Crippen molar-refractivity contribution >= 4 is 17.0 Å². The monoisotopic (exact) mass is 272 g/mol. The number of amides is 1. The van der Waals surface area contributed by atoms with Gasteiger partial charge in [-0.2, -0.15) is 0 Å². The molecule has 0 radical (unpaired) electrons. The number of nitrogens with zero attached hydrogens (tertiary/aromatic N) is 1. The average molecular weight is 272 g/mol. The van der Waals surface area contributed by atoms with E-state index in [0.717, 1.165) is 31.3 Å². The second-order valence-corrected chi connectivity index (χ2v) is 5.27. The second kappa shape index (κ2) is 5.57. The van der Waals surface area contributed by atoms with E-state index < -0.39 is 0 Å². The molecule has 4 heteroatoms. The minimum atomic E-state index is -0.186. The molecule has 1 aliphatic heterocycles. The van der Waals surface area contributed by atoms with Gasteiger partial charge in [-0.25, -0.2) is 4.79 Å². The quantitative estimate of drug-likeness (QED) is 0.870. The standard InChI is InChI=1S/C16H20N2O2/c1-2-3-10-20-16(19)18-9-8-15-13(11-18)12-6-4-5-7-14(12)17-15/h4-7,17H,2-3,8-11H2,1H3. The number of carbonyl (C=O) groups is 1. The maximum absolute atomic E-state index is 12.0. The summed E-state index contributed by atoms with van der Waals surface area (Å²) in [7, 11) is 0. The Labute approximate surface area is 118 Å². The maximum atomic E-state index is 12.0. The summed E-state index contributed by atoms with van der Waals surface area (Å²) in [6, 6.07) is 8.25. The van der Waals surface area contributed by atoms with Crippen molar-refractivity contribution in [3.05, 3.63) is 35.5 Å². The molecule has 0 bridgehead atoms. The number of para-hydroxylation sites is 1. The minimum absolute atomic E-state index is 0.186. The molecular weight excluding hydrogens is 252 g/mol. The van der Waals surface area contributed by atoms with Gasteiger partial charge < -0.3 is 14.6 Å². The molecule has 0 saturated carbocycles. The van der Waals surface area contributed by atoms with E-state index in [2.05, 4.69) is 24.0 Å². The molecule has 106 valence electrons. The molecule has 1 aliphatic rings. The molecule has 0 fully saturated rings. The lowest BCUT2D eigenvalue weighted by Crippen LogP contribution is -2.36. The fourth-order valence-corrected chi connectivity index (χ4v) is 2.72. The Hall–Kier alpha value is -1.97. The van der Waals surface area contributed by atoms with Crippen LogP contribution in [-0.4, -0.2) is 29.1 Å². The van der Waals surface area contributed by atoms with Gasteiger partial charge in [-0.05, 0) is 12.5 Å². The van der Waals surface area contributed by atoms with Crippen LogP contribution in [0.1, 0.15) is 31.0 Å². The number of carbonyl (C=O) groups excluding carboxylic acids is 1. The van der Waals surface area contributed by atoms with E-state index >= 15 is 0 Å². The summed E-state index contributed by atoms with van der Waals surface area (Å²) >= 11 is 0. The lowest BCUT2D eigenvalue weighted by molar-refractivity contribution is 0.0967. The summed E-state index contributed by atoms with van der Waals surface area (Å²) in [5, 5.41) is 1.22. The minimum Gasteiger partial charge on any atom is -0.449 e. The van der Waals surface area contributed by atoms with Crippen LogP contribution in [-0.2, 0) is 17.7 Å². The zero-order valence-electron chi connectivity index (χ0n) is 11.8. The lowest BCUT2D eigenvalue weighted by atomic mass is 10.1. The van der Waals surface area contributed by atoms with Crippen LogP contribution in [0.15, 0.2) is 24.3 Å². The number of fused-ring (bicyclic) bond motifs is 3. The van der Waals surface area contributed by atoms with Crippen LogP contribution >= 0.6 is 0 Å².